The molecule has 1 fully saturated rings. The van der Waals surface area contributed by atoms with Crippen LogP contribution in [0.1, 0.15) is 20.3 Å². The highest BCUT2D eigenvalue weighted by atomic mass is 16.7. The van der Waals surface area contributed by atoms with Crippen LogP contribution >= 0.6 is 0 Å². The maximum absolute atomic E-state index is 9.81. The molecule has 1 aliphatic heterocycles. The minimum atomic E-state index is -1.50. The number of aliphatic hydroxyl groups excluding tert-OH is 6. The maximum Gasteiger partial charge on any atom is 0.186 e. The van der Waals surface area contributed by atoms with E-state index in [9.17, 15) is 25.5 Å². The summed E-state index contributed by atoms with van der Waals surface area (Å²) in [5, 5.41) is 57.4. The zero-order valence-electron chi connectivity index (χ0n) is 12.2. The number of hydrogen-bond donors (Lipinski definition) is 6. The first-order valence-corrected chi connectivity index (χ1v) is 7.11. The van der Waals surface area contributed by atoms with Crippen molar-refractivity contribution in [3.05, 3.63) is 0 Å². The van der Waals surface area contributed by atoms with Gasteiger partial charge in [0.05, 0.1) is 25.4 Å². The first-order chi connectivity index (χ1) is 9.83. The van der Waals surface area contributed by atoms with E-state index in [1.165, 1.54) is 0 Å². The van der Waals surface area contributed by atoms with Crippen molar-refractivity contribution in [1.82, 2.24) is 0 Å². The van der Waals surface area contributed by atoms with Crippen LogP contribution in [0.5, 0.6) is 0 Å². The molecule has 1 heterocycles. The largest absolute Gasteiger partial charge is 0.394 e. The molecule has 0 aliphatic carbocycles. The second-order valence-corrected chi connectivity index (χ2v) is 5.47. The van der Waals surface area contributed by atoms with E-state index < -0.39 is 55.4 Å². The number of hydrogen-bond acceptors (Lipinski definition) is 8. The Bertz CT molecular complexity index is 300. The van der Waals surface area contributed by atoms with Crippen LogP contribution in [0, 0.1) is 5.92 Å². The third kappa shape index (κ3) is 4.57. The van der Waals surface area contributed by atoms with E-state index in [4.69, 9.17) is 14.6 Å². The van der Waals surface area contributed by atoms with Crippen LogP contribution in [0.15, 0.2) is 0 Å². The molecule has 5 unspecified atom stereocenters. The Balaban J connectivity index is 2.53. The van der Waals surface area contributed by atoms with E-state index in [0.717, 1.165) is 0 Å². The fourth-order valence-corrected chi connectivity index (χ4v) is 2.17. The molecule has 1 rings (SSSR count). The summed E-state index contributed by atoms with van der Waals surface area (Å²) in [6, 6.07) is 0. The molecule has 0 aromatic rings. The molecule has 8 heteroatoms. The molecule has 8 atom stereocenters. The van der Waals surface area contributed by atoms with Gasteiger partial charge >= 0.3 is 0 Å². The molecule has 0 spiro atoms. The Morgan fingerprint density at radius 2 is 1.71 bits per heavy atom. The van der Waals surface area contributed by atoms with Crippen LogP contribution in [-0.4, -0.2) is 86.8 Å². The second-order valence-electron chi connectivity index (χ2n) is 5.47. The van der Waals surface area contributed by atoms with Crippen LogP contribution in [0.3, 0.4) is 0 Å². The Morgan fingerprint density at radius 3 is 2.24 bits per heavy atom. The number of rotatable bonds is 7. The van der Waals surface area contributed by atoms with Crippen molar-refractivity contribution in [3.63, 3.8) is 0 Å². The Morgan fingerprint density at radius 1 is 1.10 bits per heavy atom. The van der Waals surface area contributed by atoms with Gasteiger partial charge < -0.3 is 40.1 Å². The van der Waals surface area contributed by atoms with Crippen LogP contribution in [-0.2, 0) is 9.47 Å². The fourth-order valence-electron chi connectivity index (χ4n) is 2.17. The first kappa shape index (κ1) is 18.7. The van der Waals surface area contributed by atoms with Gasteiger partial charge in [-0.15, -0.1) is 0 Å². The number of aliphatic hydroxyl groups is 6. The summed E-state index contributed by atoms with van der Waals surface area (Å²) in [5.74, 6) is -0.424. The normalized spacial score (nSPS) is 38.0. The van der Waals surface area contributed by atoms with Gasteiger partial charge in [-0.2, -0.15) is 0 Å². The van der Waals surface area contributed by atoms with Crippen molar-refractivity contribution >= 4 is 0 Å². The van der Waals surface area contributed by atoms with E-state index >= 15 is 0 Å². The summed E-state index contributed by atoms with van der Waals surface area (Å²) in [6.45, 7) is 2.84. The molecule has 21 heavy (non-hydrogen) atoms. The van der Waals surface area contributed by atoms with Gasteiger partial charge in [-0.1, -0.05) is 13.8 Å². The van der Waals surface area contributed by atoms with E-state index in [1.807, 2.05) is 0 Å². The monoisotopic (exact) mass is 310 g/mol. The highest BCUT2D eigenvalue weighted by Gasteiger charge is 2.44. The molecule has 0 aromatic carbocycles. The molecule has 6 N–H and O–H groups in total. The average molecular weight is 310 g/mol. The Labute approximate surface area is 123 Å². The standard InChI is InChI=1S/C13H26O8/c1-3-7(15)9(16)6(2)5-20-13-12(19)11(18)10(17)8(4-14)21-13/h6-19H,3-5H2,1-2H3/t6-,7+,8?,9-,10?,11?,12?,13?/m0/s1. The van der Waals surface area contributed by atoms with Gasteiger partial charge in [0.2, 0.25) is 0 Å². The summed E-state index contributed by atoms with van der Waals surface area (Å²) in [7, 11) is 0. The topological polar surface area (TPSA) is 140 Å². The molecule has 1 saturated heterocycles. The van der Waals surface area contributed by atoms with Gasteiger partial charge in [-0.3, -0.25) is 0 Å². The molecule has 0 aromatic heterocycles. The molecule has 0 bridgehead atoms. The average Bonchev–Trinajstić information content (AvgIpc) is 2.50. The van der Waals surface area contributed by atoms with E-state index in [1.54, 1.807) is 13.8 Å². The Hall–Kier alpha value is -0.320. The number of ether oxygens (including phenoxy) is 2. The molecule has 0 radical (unpaired) electrons. The minimum Gasteiger partial charge on any atom is -0.394 e. The molecular formula is C13H26O8. The fraction of sp³-hybridized carbons (Fsp3) is 1.00. The third-order valence-corrected chi connectivity index (χ3v) is 3.77. The second kappa shape index (κ2) is 8.35. The van der Waals surface area contributed by atoms with Crippen LogP contribution < -0.4 is 0 Å². The highest BCUT2D eigenvalue weighted by Crippen LogP contribution is 2.23. The summed E-state index contributed by atoms with van der Waals surface area (Å²) in [5.41, 5.74) is 0. The molecule has 1 aliphatic rings. The van der Waals surface area contributed by atoms with Crippen molar-refractivity contribution in [1.29, 1.82) is 0 Å². The molecule has 0 amide bonds. The smallest absolute Gasteiger partial charge is 0.186 e. The van der Waals surface area contributed by atoms with Gasteiger partial charge in [-0.05, 0) is 6.42 Å². The lowest BCUT2D eigenvalue weighted by atomic mass is 9.98. The van der Waals surface area contributed by atoms with E-state index in [-0.39, 0.29) is 6.61 Å². The molecule has 8 nitrogen and oxygen atoms in total. The van der Waals surface area contributed by atoms with Gasteiger partial charge in [0, 0.05) is 5.92 Å². The summed E-state index contributed by atoms with van der Waals surface area (Å²) < 4.78 is 10.5. The lowest BCUT2D eigenvalue weighted by Gasteiger charge is -2.40. The first-order valence-electron chi connectivity index (χ1n) is 7.11. The van der Waals surface area contributed by atoms with Gasteiger partial charge in [0.25, 0.3) is 0 Å². The summed E-state index contributed by atoms with van der Waals surface area (Å²) in [6.07, 6.45) is -8.13. The van der Waals surface area contributed by atoms with Crippen LogP contribution in [0.2, 0.25) is 0 Å². The highest BCUT2D eigenvalue weighted by molar-refractivity contribution is 4.89. The van der Waals surface area contributed by atoms with Gasteiger partial charge in [0.15, 0.2) is 6.29 Å². The Kier molecular flexibility index (Phi) is 7.45. The summed E-state index contributed by atoms with van der Waals surface area (Å²) in [4.78, 5) is 0. The molecule has 0 saturated carbocycles. The maximum atomic E-state index is 9.81. The van der Waals surface area contributed by atoms with Crippen molar-refractivity contribution in [2.45, 2.75) is 63.2 Å². The van der Waals surface area contributed by atoms with Crippen molar-refractivity contribution in [2.24, 2.45) is 5.92 Å². The predicted molar refractivity (Wildman–Crippen MR) is 71.2 cm³/mol. The van der Waals surface area contributed by atoms with Gasteiger partial charge in [-0.25, -0.2) is 0 Å². The van der Waals surface area contributed by atoms with Crippen LogP contribution in [0.4, 0.5) is 0 Å². The summed E-state index contributed by atoms with van der Waals surface area (Å²) >= 11 is 0. The van der Waals surface area contributed by atoms with Gasteiger partial charge in [0.1, 0.15) is 24.4 Å². The molecule has 126 valence electrons. The van der Waals surface area contributed by atoms with Crippen molar-refractivity contribution in [3.8, 4) is 0 Å². The molecular weight excluding hydrogens is 284 g/mol. The van der Waals surface area contributed by atoms with Crippen molar-refractivity contribution in [2.75, 3.05) is 13.2 Å². The van der Waals surface area contributed by atoms with E-state index in [2.05, 4.69) is 0 Å². The quantitative estimate of drug-likeness (QED) is 0.305. The predicted octanol–water partition coefficient (Wildman–Crippen LogP) is -2.43. The zero-order chi connectivity index (χ0) is 16.2. The van der Waals surface area contributed by atoms with E-state index in [0.29, 0.717) is 6.42 Å². The zero-order valence-corrected chi connectivity index (χ0v) is 12.2. The minimum absolute atomic E-state index is 0.0269. The van der Waals surface area contributed by atoms with Crippen LogP contribution in [0.25, 0.3) is 0 Å². The third-order valence-electron chi connectivity index (χ3n) is 3.77. The lowest BCUT2D eigenvalue weighted by Crippen LogP contribution is -2.59. The lowest BCUT2D eigenvalue weighted by molar-refractivity contribution is -0.304. The SMILES string of the molecule is CC[C@@H](O)[C@@H](O)[C@@H](C)COC1OC(CO)C(O)C(O)C1O. The van der Waals surface area contributed by atoms with Crippen molar-refractivity contribution < 1.29 is 40.1 Å².